The van der Waals surface area contributed by atoms with Crippen molar-refractivity contribution in [3.63, 3.8) is 0 Å². The summed E-state index contributed by atoms with van der Waals surface area (Å²) in [5.41, 5.74) is 16.7. The van der Waals surface area contributed by atoms with Gasteiger partial charge in [0.05, 0.1) is 33.2 Å². The molecule has 0 saturated heterocycles. The van der Waals surface area contributed by atoms with Crippen LogP contribution < -0.4 is 20.7 Å². The van der Waals surface area contributed by atoms with Gasteiger partial charge in [-0.15, -0.1) is 0 Å². The Morgan fingerprint density at radius 2 is 0.737 bits per heavy atom. The smallest absolute Gasteiger partial charge is 0.179 e. The molecule has 1 aliphatic carbocycles. The summed E-state index contributed by atoms with van der Waals surface area (Å²) in [6.45, 7) is 0. The summed E-state index contributed by atoms with van der Waals surface area (Å²) >= 11 is 0. The molecule has 0 spiro atoms. The Bertz CT molecular complexity index is 4360. The van der Waals surface area contributed by atoms with Gasteiger partial charge in [0.25, 0.3) is 0 Å². The second-order valence-corrected chi connectivity index (χ2v) is 24.1. The molecule has 0 bridgehead atoms. The topological polar surface area (TPSA) is 9.86 Å². The molecule has 0 saturated carbocycles. The molecular formula is C73H50N2Si. The molecule has 3 heteroatoms. The van der Waals surface area contributed by atoms with Gasteiger partial charge in [-0.1, -0.05) is 255 Å². The van der Waals surface area contributed by atoms with Crippen molar-refractivity contribution in [1.82, 2.24) is 9.13 Å². The fourth-order valence-corrected chi connectivity index (χ4v) is 18.2. The van der Waals surface area contributed by atoms with E-state index in [1.807, 2.05) is 0 Å². The van der Waals surface area contributed by atoms with Gasteiger partial charge < -0.3 is 9.13 Å². The van der Waals surface area contributed by atoms with E-state index in [2.05, 4.69) is 312 Å². The number of hydrogen-bond acceptors (Lipinski definition) is 0. The maximum absolute atomic E-state index is 2.83. The molecule has 1 aliphatic rings. The van der Waals surface area contributed by atoms with Crippen LogP contribution in [0, 0.1) is 0 Å². The maximum atomic E-state index is 2.53. The molecule has 356 valence electrons. The number of fused-ring (bicyclic) bond motifs is 9. The Kier molecular flexibility index (Phi) is 10.2. The minimum Gasteiger partial charge on any atom is -0.307 e. The molecule has 0 amide bonds. The van der Waals surface area contributed by atoms with Gasteiger partial charge in [0.1, 0.15) is 0 Å². The molecule has 2 nitrogen and oxygen atoms in total. The van der Waals surface area contributed by atoms with Crippen LogP contribution in [0.5, 0.6) is 0 Å². The van der Waals surface area contributed by atoms with Crippen LogP contribution in [0.4, 0.5) is 0 Å². The monoisotopic (exact) mass is 982 g/mol. The molecule has 0 atom stereocenters. The van der Waals surface area contributed by atoms with E-state index >= 15 is 0 Å². The van der Waals surface area contributed by atoms with Crippen LogP contribution in [0.25, 0.3) is 77.2 Å². The van der Waals surface area contributed by atoms with Gasteiger partial charge in [-0.2, -0.15) is 0 Å². The predicted molar refractivity (Wildman–Crippen MR) is 321 cm³/mol. The van der Waals surface area contributed by atoms with Crippen LogP contribution in [-0.2, 0) is 5.41 Å². The van der Waals surface area contributed by atoms with Crippen molar-refractivity contribution in [2.75, 3.05) is 0 Å². The maximum Gasteiger partial charge on any atom is 0.179 e. The summed E-state index contributed by atoms with van der Waals surface area (Å²) in [7, 11) is -2.83. The highest BCUT2D eigenvalue weighted by molar-refractivity contribution is 7.19. The van der Waals surface area contributed by atoms with Crippen molar-refractivity contribution in [3.05, 3.63) is 326 Å². The van der Waals surface area contributed by atoms with Gasteiger partial charge in [-0.25, -0.2) is 0 Å². The Morgan fingerprint density at radius 3 is 1.38 bits per heavy atom. The van der Waals surface area contributed by atoms with Gasteiger partial charge >= 0.3 is 0 Å². The van der Waals surface area contributed by atoms with E-state index < -0.39 is 13.5 Å². The average molecular weight is 983 g/mol. The minimum atomic E-state index is -2.83. The van der Waals surface area contributed by atoms with E-state index in [0.29, 0.717) is 0 Å². The lowest BCUT2D eigenvalue weighted by Crippen LogP contribution is -2.74. The average Bonchev–Trinajstić information content (AvgIpc) is 4.28. The first-order valence-electron chi connectivity index (χ1n) is 26.4. The highest BCUT2D eigenvalue weighted by Crippen LogP contribution is 2.56. The van der Waals surface area contributed by atoms with Gasteiger partial charge in [0, 0.05) is 27.2 Å². The van der Waals surface area contributed by atoms with Crippen molar-refractivity contribution < 1.29 is 0 Å². The fraction of sp³-hybridized carbons (Fsp3) is 0.0137. The number of para-hydroxylation sites is 3. The van der Waals surface area contributed by atoms with Crippen LogP contribution in [0.3, 0.4) is 0 Å². The standard InChI is InChI=1S/C73H50N2Si/c1-6-24-53(25-7-1)73(54-26-8-2-9-27-54)66-40-19-16-36-60(66)64-48-51(44-46-67(64)73)52-45-47-70-65(49-52)62-38-18-21-42-69(62)75(70)71-43-23-39-63-61-37-17-20-41-68(61)74(72(63)71)55-28-22-35-59(50-55)76(56-29-10-3-11-30-56,57-31-12-4-13-32-57)58-33-14-5-15-34-58/h1-50H. The zero-order valence-corrected chi connectivity index (χ0v) is 42.8. The highest BCUT2D eigenvalue weighted by atomic mass is 28.3. The zero-order chi connectivity index (χ0) is 50.2. The Labute approximate surface area is 443 Å². The second kappa shape index (κ2) is 17.6. The van der Waals surface area contributed by atoms with Crippen LogP contribution >= 0.6 is 0 Å². The van der Waals surface area contributed by atoms with Crippen molar-refractivity contribution >= 4 is 72.4 Å². The van der Waals surface area contributed by atoms with Gasteiger partial charge in [0.2, 0.25) is 0 Å². The highest BCUT2D eigenvalue weighted by Gasteiger charge is 2.46. The van der Waals surface area contributed by atoms with Crippen molar-refractivity contribution in [3.8, 4) is 33.6 Å². The van der Waals surface area contributed by atoms with Gasteiger partial charge in [-0.3, -0.25) is 0 Å². The van der Waals surface area contributed by atoms with Crippen LogP contribution in [0.1, 0.15) is 22.3 Å². The van der Waals surface area contributed by atoms with Gasteiger partial charge in [0.15, 0.2) is 8.07 Å². The molecule has 76 heavy (non-hydrogen) atoms. The molecular weight excluding hydrogens is 933 g/mol. The van der Waals surface area contributed by atoms with E-state index in [1.165, 1.54) is 109 Å². The SMILES string of the molecule is c1ccc(C2(c3ccccc3)c3ccccc3-c3cc(-c4ccc5c(c4)c4ccccc4n5-c4cccc5c6ccccc6n(-c6cccc([Si](c7ccccc7)(c7ccccc7)c7ccccc7)c6)c45)ccc32)cc1. The summed E-state index contributed by atoms with van der Waals surface area (Å²) < 4.78 is 5.05. The number of nitrogens with zero attached hydrogens (tertiary/aromatic N) is 2. The second-order valence-electron chi connectivity index (χ2n) is 20.3. The molecule has 0 aliphatic heterocycles. The van der Waals surface area contributed by atoms with E-state index in [0.717, 1.165) is 11.4 Å². The summed E-state index contributed by atoms with van der Waals surface area (Å²) in [6, 6.07) is 113. The molecule has 14 aromatic rings. The van der Waals surface area contributed by atoms with Gasteiger partial charge in [-0.05, 0) is 114 Å². The lowest BCUT2D eigenvalue weighted by molar-refractivity contribution is 0.768. The molecule has 0 unspecified atom stereocenters. The lowest BCUT2D eigenvalue weighted by Gasteiger charge is -2.34. The quantitative estimate of drug-likeness (QED) is 0.101. The summed E-state index contributed by atoms with van der Waals surface area (Å²) in [5.74, 6) is 0. The third kappa shape index (κ3) is 6.40. The summed E-state index contributed by atoms with van der Waals surface area (Å²) in [6.07, 6.45) is 0. The van der Waals surface area contributed by atoms with E-state index in [1.54, 1.807) is 0 Å². The Hall–Kier alpha value is -9.54. The predicted octanol–water partition coefficient (Wildman–Crippen LogP) is 15.3. The molecule has 12 aromatic carbocycles. The number of rotatable bonds is 9. The number of aromatic nitrogens is 2. The Morgan fingerprint density at radius 1 is 0.276 bits per heavy atom. The van der Waals surface area contributed by atoms with Crippen molar-refractivity contribution in [2.45, 2.75) is 5.41 Å². The molecule has 0 N–H and O–H groups in total. The zero-order valence-electron chi connectivity index (χ0n) is 41.8. The fourth-order valence-electron chi connectivity index (χ4n) is 13.4. The third-order valence-electron chi connectivity index (χ3n) is 16.5. The minimum absolute atomic E-state index is 0.439. The normalized spacial score (nSPS) is 12.8. The van der Waals surface area contributed by atoms with Crippen LogP contribution in [-0.4, -0.2) is 17.2 Å². The summed E-state index contributed by atoms with van der Waals surface area (Å²) in [5, 5.41) is 10.3. The van der Waals surface area contributed by atoms with E-state index in [4.69, 9.17) is 0 Å². The van der Waals surface area contributed by atoms with Crippen LogP contribution in [0.15, 0.2) is 303 Å². The third-order valence-corrected chi connectivity index (χ3v) is 21.3. The van der Waals surface area contributed by atoms with Crippen molar-refractivity contribution in [1.29, 1.82) is 0 Å². The lowest BCUT2D eigenvalue weighted by atomic mass is 9.67. The number of benzene rings is 12. The van der Waals surface area contributed by atoms with E-state index in [9.17, 15) is 0 Å². The summed E-state index contributed by atoms with van der Waals surface area (Å²) in [4.78, 5) is 0. The molecule has 2 aromatic heterocycles. The molecule has 15 rings (SSSR count). The first-order valence-corrected chi connectivity index (χ1v) is 28.4. The van der Waals surface area contributed by atoms with E-state index in [-0.39, 0.29) is 0 Å². The molecule has 0 radical (unpaired) electrons. The first kappa shape index (κ1) is 44.0. The Balaban J connectivity index is 0.934. The number of hydrogen-bond donors (Lipinski definition) is 0. The molecule has 2 heterocycles. The largest absolute Gasteiger partial charge is 0.307 e. The first-order chi connectivity index (χ1) is 37.7. The van der Waals surface area contributed by atoms with Crippen molar-refractivity contribution in [2.24, 2.45) is 0 Å². The van der Waals surface area contributed by atoms with Crippen LogP contribution in [0.2, 0.25) is 0 Å². The molecule has 0 fully saturated rings.